The standard InChI is InChI=1S/C17H29N3O/c1-4-7-19-8-10-20(11-9-19)13-16-12-15(14(2)18)5-6-17(16)21-3/h5-6,12,14H,4,7-11,13,18H2,1-3H3. The van der Waals surface area contributed by atoms with Gasteiger partial charge in [-0.1, -0.05) is 13.0 Å². The maximum Gasteiger partial charge on any atom is 0.123 e. The normalized spacial score (nSPS) is 18.7. The fourth-order valence-corrected chi connectivity index (χ4v) is 2.93. The minimum atomic E-state index is 0.0658. The Bertz CT molecular complexity index is 440. The number of nitrogens with two attached hydrogens (primary N) is 1. The zero-order valence-corrected chi connectivity index (χ0v) is 13.6. The molecule has 2 rings (SSSR count). The molecule has 4 nitrogen and oxygen atoms in total. The quantitative estimate of drug-likeness (QED) is 0.873. The highest BCUT2D eigenvalue weighted by molar-refractivity contribution is 5.38. The second-order valence-electron chi connectivity index (χ2n) is 5.98. The Labute approximate surface area is 128 Å². The Kier molecular flexibility index (Phi) is 6.03. The SMILES string of the molecule is CCCN1CCN(Cc2cc(C(C)N)ccc2OC)CC1. The van der Waals surface area contributed by atoms with Crippen LogP contribution in [-0.4, -0.2) is 49.6 Å². The van der Waals surface area contributed by atoms with Gasteiger partial charge in [0.1, 0.15) is 5.75 Å². The lowest BCUT2D eigenvalue weighted by atomic mass is 10.0. The van der Waals surface area contributed by atoms with Crippen LogP contribution in [0.5, 0.6) is 5.75 Å². The average Bonchev–Trinajstić information content (AvgIpc) is 2.49. The molecule has 0 saturated carbocycles. The first-order chi connectivity index (χ1) is 10.1. The van der Waals surface area contributed by atoms with E-state index in [4.69, 9.17) is 10.5 Å². The van der Waals surface area contributed by atoms with Crippen molar-refractivity contribution in [2.24, 2.45) is 5.73 Å². The molecule has 1 aliphatic rings. The van der Waals surface area contributed by atoms with Crippen molar-refractivity contribution in [3.05, 3.63) is 29.3 Å². The predicted octanol–water partition coefficient (Wildman–Crippen LogP) is 2.24. The molecule has 2 N–H and O–H groups in total. The molecular formula is C17H29N3O. The molecule has 1 heterocycles. The minimum Gasteiger partial charge on any atom is -0.496 e. The summed E-state index contributed by atoms with van der Waals surface area (Å²) in [5, 5.41) is 0. The molecule has 21 heavy (non-hydrogen) atoms. The van der Waals surface area contributed by atoms with Crippen LogP contribution in [0.1, 0.15) is 37.4 Å². The van der Waals surface area contributed by atoms with Gasteiger partial charge in [0.15, 0.2) is 0 Å². The van der Waals surface area contributed by atoms with E-state index in [9.17, 15) is 0 Å². The van der Waals surface area contributed by atoms with Gasteiger partial charge < -0.3 is 15.4 Å². The molecule has 1 fully saturated rings. The van der Waals surface area contributed by atoms with Gasteiger partial charge >= 0.3 is 0 Å². The first kappa shape index (κ1) is 16.3. The second kappa shape index (κ2) is 7.78. The van der Waals surface area contributed by atoms with E-state index in [2.05, 4.69) is 28.9 Å². The highest BCUT2D eigenvalue weighted by atomic mass is 16.5. The van der Waals surface area contributed by atoms with Crippen LogP contribution in [0.2, 0.25) is 0 Å². The molecule has 1 aromatic rings. The fourth-order valence-electron chi connectivity index (χ4n) is 2.93. The van der Waals surface area contributed by atoms with Crippen LogP contribution in [0.25, 0.3) is 0 Å². The van der Waals surface area contributed by atoms with Crippen LogP contribution in [0.3, 0.4) is 0 Å². The van der Waals surface area contributed by atoms with Crippen molar-refractivity contribution in [3.8, 4) is 5.75 Å². The Morgan fingerprint density at radius 3 is 2.43 bits per heavy atom. The third-order valence-corrected chi connectivity index (χ3v) is 4.23. The zero-order chi connectivity index (χ0) is 15.2. The lowest BCUT2D eigenvalue weighted by Gasteiger charge is -2.34. The number of piperazine rings is 1. The molecule has 0 aliphatic carbocycles. The monoisotopic (exact) mass is 291 g/mol. The van der Waals surface area contributed by atoms with Crippen LogP contribution in [0, 0.1) is 0 Å². The van der Waals surface area contributed by atoms with Crippen LogP contribution in [0.4, 0.5) is 0 Å². The summed E-state index contributed by atoms with van der Waals surface area (Å²) < 4.78 is 5.50. The summed E-state index contributed by atoms with van der Waals surface area (Å²) in [5.41, 5.74) is 8.42. The van der Waals surface area contributed by atoms with E-state index < -0.39 is 0 Å². The van der Waals surface area contributed by atoms with Gasteiger partial charge in [0, 0.05) is 44.3 Å². The number of hydrogen-bond donors (Lipinski definition) is 1. The molecular weight excluding hydrogens is 262 g/mol. The van der Waals surface area contributed by atoms with Crippen LogP contribution in [0.15, 0.2) is 18.2 Å². The van der Waals surface area contributed by atoms with Gasteiger partial charge in [0.05, 0.1) is 7.11 Å². The second-order valence-corrected chi connectivity index (χ2v) is 5.98. The fraction of sp³-hybridized carbons (Fsp3) is 0.647. The third kappa shape index (κ3) is 4.43. The van der Waals surface area contributed by atoms with Gasteiger partial charge in [-0.15, -0.1) is 0 Å². The van der Waals surface area contributed by atoms with E-state index >= 15 is 0 Å². The highest BCUT2D eigenvalue weighted by Gasteiger charge is 2.18. The van der Waals surface area contributed by atoms with Crippen LogP contribution < -0.4 is 10.5 Å². The summed E-state index contributed by atoms with van der Waals surface area (Å²) in [4.78, 5) is 5.06. The minimum absolute atomic E-state index is 0.0658. The summed E-state index contributed by atoms with van der Waals surface area (Å²) in [5.74, 6) is 0.968. The van der Waals surface area contributed by atoms with Gasteiger partial charge in [-0.2, -0.15) is 0 Å². The molecule has 0 spiro atoms. The van der Waals surface area contributed by atoms with Crippen molar-refractivity contribution in [1.82, 2.24) is 9.80 Å². The number of methoxy groups -OCH3 is 1. The molecule has 0 radical (unpaired) electrons. The zero-order valence-electron chi connectivity index (χ0n) is 13.6. The van der Waals surface area contributed by atoms with Gasteiger partial charge in [-0.25, -0.2) is 0 Å². The number of rotatable bonds is 6. The molecule has 1 saturated heterocycles. The highest BCUT2D eigenvalue weighted by Crippen LogP contribution is 2.24. The third-order valence-electron chi connectivity index (χ3n) is 4.23. The Morgan fingerprint density at radius 2 is 1.86 bits per heavy atom. The molecule has 0 amide bonds. The maximum absolute atomic E-state index is 6.00. The number of hydrogen-bond acceptors (Lipinski definition) is 4. The Morgan fingerprint density at radius 1 is 1.19 bits per heavy atom. The summed E-state index contributed by atoms with van der Waals surface area (Å²) in [6, 6.07) is 6.37. The molecule has 4 heteroatoms. The van der Waals surface area contributed by atoms with Crippen molar-refractivity contribution in [2.75, 3.05) is 39.8 Å². The maximum atomic E-state index is 6.00. The van der Waals surface area contributed by atoms with Crippen LogP contribution >= 0.6 is 0 Å². The van der Waals surface area contributed by atoms with E-state index in [-0.39, 0.29) is 6.04 Å². The van der Waals surface area contributed by atoms with Gasteiger partial charge in [-0.05, 0) is 37.6 Å². The van der Waals surface area contributed by atoms with E-state index in [1.54, 1.807) is 7.11 Å². The van der Waals surface area contributed by atoms with Crippen molar-refractivity contribution < 1.29 is 4.74 Å². The molecule has 1 aliphatic heterocycles. The van der Waals surface area contributed by atoms with Crippen LogP contribution in [-0.2, 0) is 6.54 Å². The van der Waals surface area contributed by atoms with Crippen molar-refractivity contribution in [2.45, 2.75) is 32.9 Å². The first-order valence-electron chi connectivity index (χ1n) is 8.01. The first-order valence-corrected chi connectivity index (χ1v) is 8.01. The van der Waals surface area contributed by atoms with Crippen molar-refractivity contribution >= 4 is 0 Å². The predicted molar refractivity (Wildman–Crippen MR) is 87.6 cm³/mol. The van der Waals surface area contributed by atoms with Gasteiger partial charge in [-0.3, -0.25) is 4.90 Å². The molecule has 1 atom stereocenters. The van der Waals surface area contributed by atoms with E-state index in [0.29, 0.717) is 0 Å². The number of nitrogens with zero attached hydrogens (tertiary/aromatic N) is 2. The van der Waals surface area contributed by atoms with Crippen molar-refractivity contribution in [1.29, 1.82) is 0 Å². The van der Waals surface area contributed by atoms with E-state index in [0.717, 1.165) is 25.4 Å². The molecule has 1 unspecified atom stereocenters. The molecule has 1 aromatic carbocycles. The number of ether oxygens (including phenoxy) is 1. The van der Waals surface area contributed by atoms with Gasteiger partial charge in [0.25, 0.3) is 0 Å². The largest absolute Gasteiger partial charge is 0.496 e. The topological polar surface area (TPSA) is 41.7 Å². The summed E-state index contributed by atoms with van der Waals surface area (Å²) in [6.45, 7) is 11.0. The molecule has 0 bridgehead atoms. The smallest absolute Gasteiger partial charge is 0.123 e. The summed E-state index contributed by atoms with van der Waals surface area (Å²) in [7, 11) is 1.74. The number of benzene rings is 1. The molecule has 0 aromatic heterocycles. The summed E-state index contributed by atoms with van der Waals surface area (Å²) in [6.07, 6.45) is 1.24. The van der Waals surface area contributed by atoms with E-state index in [1.807, 2.05) is 13.0 Å². The lowest BCUT2D eigenvalue weighted by Crippen LogP contribution is -2.46. The Balaban J connectivity index is 2.00. The lowest BCUT2D eigenvalue weighted by molar-refractivity contribution is 0.126. The molecule has 118 valence electrons. The van der Waals surface area contributed by atoms with Gasteiger partial charge in [0.2, 0.25) is 0 Å². The van der Waals surface area contributed by atoms with E-state index in [1.165, 1.54) is 37.2 Å². The average molecular weight is 291 g/mol. The summed E-state index contributed by atoms with van der Waals surface area (Å²) >= 11 is 0. The Hall–Kier alpha value is -1.10. The van der Waals surface area contributed by atoms with Crippen molar-refractivity contribution in [3.63, 3.8) is 0 Å².